The molecule has 2 rings (SSSR count). The smallest absolute Gasteiger partial charge is 0.336 e. The molecule has 0 unspecified atom stereocenters. The molecule has 0 atom stereocenters. The van der Waals surface area contributed by atoms with Gasteiger partial charge in [-0.15, -0.1) is 0 Å². The molecule has 2 N–H and O–H groups in total. The second kappa shape index (κ2) is 9.48. The summed E-state index contributed by atoms with van der Waals surface area (Å²) in [6.45, 7) is 7.50. The molecule has 0 spiro atoms. The van der Waals surface area contributed by atoms with Gasteiger partial charge in [-0.25, -0.2) is 4.79 Å². The Morgan fingerprint density at radius 1 is 1.23 bits per heavy atom. The number of benzene rings is 2. The van der Waals surface area contributed by atoms with Crippen molar-refractivity contribution in [2.75, 3.05) is 18.5 Å². The fraction of sp³-hybridized carbons (Fsp3) is 0.350. The summed E-state index contributed by atoms with van der Waals surface area (Å²) in [6, 6.07) is 9.15. The molecule has 0 radical (unpaired) electrons. The van der Waals surface area contributed by atoms with Crippen LogP contribution in [-0.4, -0.2) is 24.3 Å². The van der Waals surface area contributed by atoms with Crippen molar-refractivity contribution in [2.45, 2.75) is 33.7 Å². The molecule has 0 fully saturated rings. The number of aromatic carboxylic acids is 1. The van der Waals surface area contributed by atoms with Crippen molar-refractivity contribution in [3.8, 4) is 11.5 Å². The van der Waals surface area contributed by atoms with E-state index in [1.54, 1.807) is 19.1 Å². The molecule has 0 saturated carbocycles. The zero-order valence-corrected chi connectivity index (χ0v) is 16.9. The molecule has 5 nitrogen and oxygen atoms in total. The number of carboxylic acid groups (broad SMARTS) is 1. The highest BCUT2D eigenvalue weighted by Gasteiger charge is 2.13. The van der Waals surface area contributed by atoms with E-state index in [4.69, 9.17) is 9.47 Å². The Morgan fingerprint density at radius 2 is 2.00 bits per heavy atom. The molecule has 0 saturated heterocycles. The van der Waals surface area contributed by atoms with E-state index >= 15 is 0 Å². The predicted octanol–water partition coefficient (Wildman–Crippen LogP) is 5.26. The SMILES string of the molecule is CCCOc1c(Br)cc(CNc2cccc(C(=O)O)c2C)cc1OCC. The first-order valence-electron chi connectivity index (χ1n) is 8.62. The van der Waals surface area contributed by atoms with Gasteiger partial charge in [-0.05, 0) is 71.6 Å². The molecule has 26 heavy (non-hydrogen) atoms. The van der Waals surface area contributed by atoms with E-state index in [0.29, 0.717) is 42.4 Å². The number of hydrogen-bond acceptors (Lipinski definition) is 4. The van der Waals surface area contributed by atoms with Crippen molar-refractivity contribution in [1.82, 2.24) is 0 Å². The predicted molar refractivity (Wildman–Crippen MR) is 107 cm³/mol. The zero-order valence-electron chi connectivity index (χ0n) is 15.3. The molecule has 0 aromatic heterocycles. The lowest BCUT2D eigenvalue weighted by Gasteiger charge is -2.16. The summed E-state index contributed by atoms with van der Waals surface area (Å²) < 4.78 is 12.4. The zero-order chi connectivity index (χ0) is 19.1. The van der Waals surface area contributed by atoms with E-state index in [0.717, 1.165) is 22.1 Å². The summed E-state index contributed by atoms with van der Waals surface area (Å²) in [5, 5.41) is 12.5. The lowest BCUT2D eigenvalue weighted by molar-refractivity contribution is 0.0696. The van der Waals surface area contributed by atoms with Gasteiger partial charge >= 0.3 is 5.97 Å². The summed E-state index contributed by atoms with van der Waals surface area (Å²) in [7, 11) is 0. The number of anilines is 1. The van der Waals surface area contributed by atoms with Crippen LogP contribution < -0.4 is 14.8 Å². The summed E-state index contributed by atoms with van der Waals surface area (Å²) in [4.78, 5) is 11.3. The molecule has 140 valence electrons. The Balaban J connectivity index is 2.22. The third-order valence-corrected chi connectivity index (χ3v) is 4.46. The second-order valence-corrected chi connectivity index (χ2v) is 6.68. The van der Waals surface area contributed by atoms with Crippen LogP contribution in [0.5, 0.6) is 11.5 Å². The van der Waals surface area contributed by atoms with Crippen molar-refractivity contribution < 1.29 is 19.4 Å². The maximum Gasteiger partial charge on any atom is 0.336 e. The van der Waals surface area contributed by atoms with Crippen LogP contribution in [0.2, 0.25) is 0 Å². The maximum atomic E-state index is 11.3. The van der Waals surface area contributed by atoms with Crippen molar-refractivity contribution in [3.05, 3.63) is 51.5 Å². The molecule has 0 aliphatic rings. The minimum Gasteiger partial charge on any atom is -0.490 e. The molecular weight excluding hydrogens is 398 g/mol. The van der Waals surface area contributed by atoms with Gasteiger partial charge in [0.25, 0.3) is 0 Å². The monoisotopic (exact) mass is 421 g/mol. The van der Waals surface area contributed by atoms with Gasteiger partial charge in [-0.1, -0.05) is 13.0 Å². The first-order valence-corrected chi connectivity index (χ1v) is 9.42. The quantitative estimate of drug-likeness (QED) is 0.578. The van der Waals surface area contributed by atoms with Crippen LogP contribution in [0, 0.1) is 6.92 Å². The molecular formula is C20H24BrNO4. The number of nitrogens with one attached hydrogen (secondary N) is 1. The Hall–Kier alpha value is -2.21. The number of hydrogen-bond donors (Lipinski definition) is 2. The molecule has 0 bridgehead atoms. The van der Waals surface area contributed by atoms with E-state index in [-0.39, 0.29) is 0 Å². The highest BCUT2D eigenvalue weighted by molar-refractivity contribution is 9.10. The van der Waals surface area contributed by atoms with Gasteiger partial charge in [0.05, 0.1) is 23.2 Å². The third-order valence-electron chi connectivity index (χ3n) is 3.87. The Morgan fingerprint density at radius 3 is 2.65 bits per heavy atom. The van der Waals surface area contributed by atoms with Crippen LogP contribution >= 0.6 is 15.9 Å². The van der Waals surface area contributed by atoms with Crippen LogP contribution in [0.25, 0.3) is 0 Å². The Bertz CT molecular complexity index is 777. The van der Waals surface area contributed by atoms with Crippen molar-refractivity contribution in [3.63, 3.8) is 0 Å². The topological polar surface area (TPSA) is 67.8 Å². The van der Waals surface area contributed by atoms with E-state index < -0.39 is 5.97 Å². The summed E-state index contributed by atoms with van der Waals surface area (Å²) in [5.41, 5.74) is 2.82. The molecule has 0 aliphatic heterocycles. The molecule has 2 aromatic rings. The van der Waals surface area contributed by atoms with E-state index in [1.807, 2.05) is 25.1 Å². The van der Waals surface area contributed by atoms with Crippen molar-refractivity contribution in [1.29, 1.82) is 0 Å². The summed E-state index contributed by atoms with van der Waals surface area (Å²) in [5.74, 6) is 0.481. The fourth-order valence-corrected chi connectivity index (χ4v) is 3.19. The number of rotatable bonds is 9. The number of carboxylic acids is 1. The fourth-order valence-electron chi connectivity index (χ4n) is 2.59. The van der Waals surface area contributed by atoms with Gasteiger partial charge in [0, 0.05) is 12.2 Å². The van der Waals surface area contributed by atoms with Gasteiger partial charge < -0.3 is 19.9 Å². The second-order valence-electron chi connectivity index (χ2n) is 5.82. The highest BCUT2D eigenvalue weighted by Crippen LogP contribution is 2.37. The molecule has 0 heterocycles. The van der Waals surface area contributed by atoms with Crippen LogP contribution in [0.4, 0.5) is 5.69 Å². The van der Waals surface area contributed by atoms with Crippen molar-refractivity contribution in [2.24, 2.45) is 0 Å². The van der Waals surface area contributed by atoms with Gasteiger partial charge in [0.2, 0.25) is 0 Å². The molecule has 2 aromatic carbocycles. The lowest BCUT2D eigenvalue weighted by atomic mass is 10.1. The Kier molecular flexibility index (Phi) is 7.33. The first-order chi connectivity index (χ1) is 12.5. The normalized spacial score (nSPS) is 10.5. The first kappa shape index (κ1) is 20.1. The average Bonchev–Trinajstić information content (AvgIpc) is 2.60. The maximum absolute atomic E-state index is 11.3. The van der Waals surface area contributed by atoms with Crippen LogP contribution in [0.1, 0.15) is 41.8 Å². The van der Waals surface area contributed by atoms with Crippen LogP contribution in [0.3, 0.4) is 0 Å². The van der Waals surface area contributed by atoms with Gasteiger partial charge in [0.1, 0.15) is 0 Å². The average molecular weight is 422 g/mol. The standard InChI is InChI=1S/C20H24BrNO4/c1-4-9-26-19-16(21)10-14(11-18(19)25-5-2)12-22-17-8-6-7-15(13(17)3)20(23)24/h6-8,10-11,22H,4-5,9,12H2,1-3H3,(H,23,24). The largest absolute Gasteiger partial charge is 0.490 e. The minimum absolute atomic E-state index is 0.300. The van der Waals surface area contributed by atoms with Crippen LogP contribution in [-0.2, 0) is 6.54 Å². The number of halogens is 1. The highest BCUT2D eigenvalue weighted by atomic mass is 79.9. The number of carbonyl (C=O) groups is 1. The van der Waals surface area contributed by atoms with E-state index in [9.17, 15) is 9.90 Å². The number of ether oxygens (including phenoxy) is 2. The molecule has 0 amide bonds. The molecule has 6 heteroatoms. The summed E-state index contributed by atoms with van der Waals surface area (Å²) in [6.07, 6.45) is 0.917. The van der Waals surface area contributed by atoms with Crippen molar-refractivity contribution >= 4 is 27.6 Å². The van der Waals surface area contributed by atoms with Gasteiger partial charge in [-0.2, -0.15) is 0 Å². The van der Waals surface area contributed by atoms with Gasteiger partial charge in [-0.3, -0.25) is 0 Å². The van der Waals surface area contributed by atoms with E-state index in [2.05, 4.69) is 28.2 Å². The summed E-state index contributed by atoms with van der Waals surface area (Å²) >= 11 is 3.56. The van der Waals surface area contributed by atoms with Crippen LogP contribution in [0.15, 0.2) is 34.8 Å². The molecule has 0 aliphatic carbocycles. The van der Waals surface area contributed by atoms with Gasteiger partial charge in [0.15, 0.2) is 11.5 Å². The lowest BCUT2D eigenvalue weighted by Crippen LogP contribution is -2.07. The minimum atomic E-state index is -0.926. The Labute approximate surface area is 162 Å². The third kappa shape index (κ3) is 4.91. The van der Waals surface area contributed by atoms with E-state index in [1.165, 1.54) is 0 Å².